The first-order valence-electron chi connectivity index (χ1n) is 11.3. The molecule has 3 aromatic rings. The van der Waals surface area contributed by atoms with Crippen molar-refractivity contribution >= 4 is 22.1 Å². The Labute approximate surface area is 213 Å². The summed E-state index contributed by atoms with van der Waals surface area (Å²) in [7, 11) is -1.72. The molecule has 1 atom stereocenters. The third-order valence-electron chi connectivity index (χ3n) is 5.21. The molecule has 3 heterocycles. The van der Waals surface area contributed by atoms with Gasteiger partial charge in [0.2, 0.25) is 15.8 Å². The van der Waals surface area contributed by atoms with Crippen LogP contribution in [0.2, 0.25) is 0 Å². The third-order valence-corrected chi connectivity index (χ3v) is 5.90. The Morgan fingerprint density at radius 3 is 2.86 bits per heavy atom. The number of ether oxygens (including phenoxy) is 3. The number of sulfonamides is 1. The average Bonchev–Trinajstić information content (AvgIpc) is 3.34. The van der Waals surface area contributed by atoms with Gasteiger partial charge in [0.05, 0.1) is 19.6 Å². The summed E-state index contributed by atoms with van der Waals surface area (Å²) in [6.45, 7) is 2.51. The zero-order valence-corrected chi connectivity index (χ0v) is 21.4. The number of aryl methyl sites for hydroxylation is 1. The molecule has 4 rings (SSSR count). The van der Waals surface area contributed by atoms with Crippen LogP contribution < -0.4 is 14.8 Å². The lowest BCUT2D eigenvalue weighted by Gasteiger charge is -2.25. The lowest BCUT2D eigenvalue weighted by molar-refractivity contribution is -0.0452. The molecular weight excluding hydrogens is 502 g/mol. The highest BCUT2D eigenvalue weighted by atomic mass is 32.2. The third kappa shape index (κ3) is 7.55. The van der Waals surface area contributed by atoms with Crippen LogP contribution in [0.5, 0.6) is 5.75 Å². The number of methoxy groups -OCH3 is 1. The van der Waals surface area contributed by atoms with Gasteiger partial charge in [-0.2, -0.15) is 0 Å². The first-order chi connectivity index (χ1) is 17.7. The van der Waals surface area contributed by atoms with Gasteiger partial charge in [-0.1, -0.05) is 12.1 Å². The summed E-state index contributed by atoms with van der Waals surface area (Å²) in [5, 5.41) is 15.3. The van der Waals surface area contributed by atoms with Gasteiger partial charge >= 0.3 is 0 Å². The minimum Gasteiger partial charge on any atom is -0.497 e. The smallest absolute Gasteiger partial charge is 0.270 e. The summed E-state index contributed by atoms with van der Waals surface area (Å²) in [5.41, 5.74) is 2.32. The van der Waals surface area contributed by atoms with E-state index in [4.69, 9.17) is 14.2 Å². The first kappa shape index (κ1) is 26.2. The van der Waals surface area contributed by atoms with E-state index >= 15 is 0 Å². The Balaban J connectivity index is 1.39. The fourth-order valence-electron chi connectivity index (χ4n) is 3.42. The fraction of sp³-hybridized carbons (Fsp3) is 0.348. The molecule has 1 amide bonds. The van der Waals surface area contributed by atoms with Gasteiger partial charge in [-0.05, 0) is 42.0 Å². The lowest BCUT2D eigenvalue weighted by atomic mass is 10.1. The van der Waals surface area contributed by atoms with Crippen molar-refractivity contribution in [2.24, 2.45) is 0 Å². The van der Waals surface area contributed by atoms with Crippen LogP contribution in [0.15, 0.2) is 42.2 Å². The predicted molar refractivity (Wildman–Crippen MR) is 133 cm³/mol. The van der Waals surface area contributed by atoms with E-state index < -0.39 is 16.1 Å². The molecule has 37 heavy (non-hydrogen) atoms. The number of carbonyl (C=O) groups is 1. The van der Waals surface area contributed by atoms with Crippen LogP contribution >= 0.6 is 0 Å². The van der Waals surface area contributed by atoms with Crippen molar-refractivity contribution < 1.29 is 27.4 Å². The van der Waals surface area contributed by atoms with Crippen LogP contribution in [0.25, 0.3) is 17.6 Å². The van der Waals surface area contributed by atoms with Crippen molar-refractivity contribution in [3.8, 4) is 17.1 Å². The minimum atomic E-state index is -3.31. The van der Waals surface area contributed by atoms with Crippen LogP contribution in [0.1, 0.15) is 21.7 Å². The molecule has 1 saturated heterocycles. The fourth-order valence-corrected chi connectivity index (χ4v) is 3.91. The van der Waals surface area contributed by atoms with Crippen molar-refractivity contribution in [1.82, 2.24) is 35.2 Å². The van der Waals surface area contributed by atoms with Gasteiger partial charge in [0.15, 0.2) is 0 Å². The zero-order valence-electron chi connectivity index (χ0n) is 20.5. The van der Waals surface area contributed by atoms with Crippen molar-refractivity contribution in [3.63, 3.8) is 0 Å². The molecule has 14 heteroatoms. The summed E-state index contributed by atoms with van der Waals surface area (Å²) in [5.74, 6) is 1.13. The summed E-state index contributed by atoms with van der Waals surface area (Å²) < 4.78 is 41.3. The van der Waals surface area contributed by atoms with Gasteiger partial charge in [-0.3, -0.25) is 4.79 Å². The second-order valence-electron chi connectivity index (χ2n) is 8.31. The normalized spacial score (nSPS) is 16.8. The van der Waals surface area contributed by atoms with E-state index in [9.17, 15) is 13.2 Å². The number of nitrogens with one attached hydrogen (secondary N) is 2. The van der Waals surface area contributed by atoms with Crippen molar-refractivity contribution in [2.75, 3.05) is 33.1 Å². The zero-order chi connectivity index (χ0) is 26.4. The maximum absolute atomic E-state index is 12.8. The number of hydrogen-bond donors (Lipinski definition) is 2. The van der Waals surface area contributed by atoms with Crippen LogP contribution in [-0.4, -0.2) is 78.7 Å². The molecule has 2 aromatic heterocycles. The summed E-state index contributed by atoms with van der Waals surface area (Å²) >= 11 is 0. The number of tetrazole rings is 1. The van der Waals surface area contributed by atoms with E-state index in [1.165, 1.54) is 11.0 Å². The predicted octanol–water partition coefficient (Wildman–Crippen LogP) is 0.745. The van der Waals surface area contributed by atoms with Crippen molar-refractivity contribution in [2.45, 2.75) is 19.6 Å². The molecule has 1 aliphatic heterocycles. The molecule has 0 unspecified atom stereocenters. The number of pyridine rings is 1. The summed E-state index contributed by atoms with van der Waals surface area (Å²) in [6.07, 6.45) is 2.20. The van der Waals surface area contributed by atoms with E-state index in [1.807, 2.05) is 24.3 Å². The Kier molecular flexibility index (Phi) is 8.11. The Bertz CT molecular complexity index is 1400. The summed E-state index contributed by atoms with van der Waals surface area (Å²) in [6, 6.07) is 10.8. The Morgan fingerprint density at radius 2 is 2.14 bits per heavy atom. The number of rotatable bonds is 9. The molecule has 196 valence electrons. The molecular formula is C23H27N7O6S. The molecule has 0 spiro atoms. The highest BCUT2D eigenvalue weighted by Gasteiger charge is 2.20. The number of carbonyl (C=O) groups excluding carboxylic acids is 1. The molecule has 1 fully saturated rings. The standard InChI is InChI=1S/C23H27N7O6S/c1-15-7-17(9-21(26-15)23(31)24-10-16-5-4-6-18(8-16)34-2)22-27-29-30(28-22)12-20-14-35-19(13-36-20)11-25-37(3,32)33/h4-9,12,19,25H,10-11,13-14H2,1-3H3,(H,24,31)/b20-12-/t19-/m0/s1. The largest absolute Gasteiger partial charge is 0.497 e. The quantitative estimate of drug-likeness (QED) is 0.405. The highest BCUT2D eigenvalue weighted by molar-refractivity contribution is 7.88. The van der Waals surface area contributed by atoms with E-state index in [1.54, 1.807) is 26.2 Å². The number of aromatic nitrogens is 5. The number of hydrogen-bond acceptors (Lipinski definition) is 10. The van der Waals surface area contributed by atoms with Crippen LogP contribution in [0.4, 0.5) is 0 Å². The second-order valence-corrected chi connectivity index (χ2v) is 10.1. The number of benzene rings is 1. The Hall–Kier alpha value is -3.88. The van der Waals surface area contributed by atoms with E-state index in [2.05, 4.69) is 30.4 Å². The molecule has 0 bridgehead atoms. The number of amides is 1. The highest BCUT2D eigenvalue weighted by Crippen LogP contribution is 2.18. The van der Waals surface area contributed by atoms with Crippen LogP contribution in [0, 0.1) is 6.92 Å². The Morgan fingerprint density at radius 1 is 1.30 bits per heavy atom. The molecule has 0 saturated carbocycles. The van der Waals surface area contributed by atoms with Crippen molar-refractivity contribution in [1.29, 1.82) is 0 Å². The maximum Gasteiger partial charge on any atom is 0.270 e. The SMILES string of the molecule is COc1cccc(CNC(=O)c2cc(-c3nnn(/C=C4/CO[C@@H](CNS(C)(=O)=O)CO4)n3)cc(C)n2)c1. The molecule has 13 nitrogen and oxygen atoms in total. The molecule has 2 N–H and O–H groups in total. The van der Waals surface area contributed by atoms with Gasteiger partial charge in [-0.25, -0.2) is 18.1 Å². The first-order valence-corrected chi connectivity index (χ1v) is 13.2. The molecule has 0 aliphatic carbocycles. The van der Waals surface area contributed by atoms with Crippen LogP contribution in [0.3, 0.4) is 0 Å². The van der Waals surface area contributed by atoms with Gasteiger partial charge < -0.3 is 19.5 Å². The van der Waals surface area contributed by atoms with E-state index in [0.29, 0.717) is 35.1 Å². The van der Waals surface area contributed by atoms with Gasteiger partial charge in [0.1, 0.15) is 36.5 Å². The van der Waals surface area contributed by atoms with Crippen molar-refractivity contribution in [3.05, 3.63) is 59.1 Å². The average molecular weight is 530 g/mol. The monoisotopic (exact) mass is 529 g/mol. The molecule has 0 radical (unpaired) electrons. The number of nitrogens with zero attached hydrogens (tertiary/aromatic N) is 5. The maximum atomic E-state index is 12.8. The summed E-state index contributed by atoms with van der Waals surface area (Å²) in [4.78, 5) is 18.3. The van der Waals surface area contributed by atoms with E-state index in [0.717, 1.165) is 11.8 Å². The van der Waals surface area contributed by atoms with Gasteiger partial charge in [-0.15, -0.1) is 15.0 Å². The van der Waals surface area contributed by atoms with E-state index in [-0.39, 0.29) is 31.4 Å². The molecule has 1 aromatic carbocycles. The topological polar surface area (TPSA) is 159 Å². The lowest BCUT2D eigenvalue weighted by Crippen LogP contribution is -2.38. The van der Waals surface area contributed by atoms with Crippen LogP contribution in [-0.2, 0) is 26.0 Å². The van der Waals surface area contributed by atoms with Gasteiger partial charge in [0, 0.05) is 24.3 Å². The van der Waals surface area contributed by atoms with Gasteiger partial charge in [0.25, 0.3) is 5.91 Å². The second kappa shape index (κ2) is 11.5. The minimum absolute atomic E-state index is 0.120. The molecule has 1 aliphatic rings.